The van der Waals surface area contributed by atoms with E-state index in [-0.39, 0.29) is 62.3 Å². The van der Waals surface area contributed by atoms with Gasteiger partial charge in [0.05, 0.1) is 24.4 Å². The van der Waals surface area contributed by atoms with Crippen LogP contribution in [0.2, 0.25) is 0 Å². The van der Waals surface area contributed by atoms with Crippen molar-refractivity contribution >= 4 is 76.6 Å². The smallest absolute Gasteiger partial charge is 0.235 e. The van der Waals surface area contributed by atoms with E-state index in [9.17, 15) is 37.3 Å². The third kappa shape index (κ3) is 21.9. The number of phenols is 4. The number of aromatic hydroxyl groups is 4. The first-order chi connectivity index (χ1) is 38.8. The first-order valence-corrected chi connectivity index (χ1v) is 38.3. The van der Waals surface area contributed by atoms with Crippen LogP contribution in [0, 0.1) is 0 Å². The Morgan fingerprint density at radius 1 is 0.391 bits per heavy atom. The maximum atomic E-state index is 12.5. The van der Waals surface area contributed by atoms with Gasteiger partial charge in [0.25, 0.3) is 0 Å². The number of hydrogen-bond donors (Lipinski definition) is 5. The molecule has 0 bridgehead atoms. The Balaban J connectivity index is 0.000000337. The molecule has 0 radical (unpaired) electrons. The van der Waals surface area contributed by atoms with E-state index in [4.69, 9.17) is 16.4 Å². The second-order valence-electron chi connectivity index (χ2n) is 32.8. The molecule has 0 saturated heterocycles. The zero-order chi connectivity index (χ0) is 67.2. The first kappa shape index (κ1) is 77.1. The van der Waals surface area contributed by atoms with Crippen LogP contribution in [0.25, 0.3) is 0 Å². The van der Waals surface area contributed by atoms with E-state index < -0.39 is 24.3 Å². The summed E-state index contributed by atoms with van der Waals surface area (Å²) in [6.07, 6.45) is 5.18. The second-order valence-corrected chi connectivity index (χ2v) is 45.4. The molecule has 16 heteroatoms. The van der Waals surface area contributed by atoms with Gasteiger partial charge in [0.1, 0.15) is 23.0 Å². The van der Waals surface area contributed by atoms with Crippen LogP contribution in [0.3, 0.4) is 0 Å². The predicted octanol–water partition coefficient (Wildman–Crippen LogP) is 20.2. The lowest BCUT2D eigenvalue weighted by Gasteiger charge is -2.32. The van der Waals surface area contributed by atoms with Gasteiger partial charge in [0, 0.05) is 74.8 Å². The summed E-state index contributed by atoms with van der Waals surface area (Å²) in [6.45, 7) is 56.6. The molecule has 2 aliphatic carbocycles. The summed E-state index contributed by atoms with van der Waals surface area (Å²) in [7, 11) is -1.26. The van der Waals surface area contributed by atoms with Gasteiger partial charge in [-0.2, -0.15) is 0 Å². The number of nitrogens with two attached hydrogens (primary N) is 1. The Bertz CT molecular complexity index is 3230. The molecule has 6 N–H and O–H groups in total. The van der Waals surface area contributed by atoms with Crippen molar-refractivity contribution in [3.05, 3.63) is 93.0 Å². The van der Waals surface area contributed by atoms with Gasteiger partial charge in [-0.3, -0.25) is 0 Å². The summed E-state index contributed by atoms with van der Waals surface area (Å²) in [5.41, 5.74) is 11.7. The highest BCUT2D eigenvalue weighted by Crippen LogP contribution is 2.54. The molecule has 0 amide bonds. The molecule has 2 fully saturated rings. The van der Waals surface area contributed by atoms with Crippen molar-refractivity contribution in [1.29, 1.82) is 0 Å². The van der Waals surface area contributed by atoms with Crippen LogP contribution in [-0.2, 0) is 62.2 Å². The Labute approximate surface area is 550 Å². The van der Waals surface area contributed by atoms with E-state index in [0.29, 0.717) is 42.4 Å². The van der Waals surface area contributed by atoms with Gasteiger partial charge in [-0.1, -0.05) is 152 Å². The number of hydrogen-bond acceptors (Lipinski definition) is 13. The summed E-state index contributed by atoms with van der Waals surface area (Å²) in [4.78, 5) is 4.51. The van der Waals surface area contributed by atoms with Crippen LogP contribution in [0.5, 0.6) is 23.0 Å². The van der Waals surface area contributed by atoms with Gasteiger partial charge in [-0.25, -0.2) is 16.8 Å². The van der Waals surface area contributed by atoms with E-state index >= 15 is 0 Å². The van der Waals surface area contributed by atoms with Crippen LogP contribution >= 0.6 is 57.7 Å². The number of rotatable bonds is 18. The molecule has 492 valence electrons. The molecule has 4 aromatic carbocycles. The van der Waals surface area contributed by atoms with Gasteiger partial charge in [0.2, 0.25) is 9.05 Å². The van der Waals surface area contributed by atoms with E-state index in [1.54, 1.807) is 23.5 Å². The lowest BCUT2D eigenvalue weighted by Crippen LogP contribution is -2.24. The molecular formula is C71H112ClNO8S6. The summed E-state index contributed by atoms with van der Waals surface area (Å²) in [5, 5.41) is 44.9. The molecule has 0 atom stereocenters. The van der Waals surface area contributed by atoms with Gasteiger partial charge >= 0.3 is 0 Å². The molecule has 2 saturated carbocycles. The number of benzene rings is 4. The topological polar surface area (TPSA) is 175 Å². The Morgan fingerprint density at radius 2 is 0.609 bits per heavy atom. The largest absolute Gasteiger partial charge is 0.507 e. The van der Waals surface area contributed by atoms with Crippen molar-refractivity contribution in [1.82, 2.24) is 0 Å². The highest BCUT2D eigenvalue weighted by molar-refractivity contribution is 8.18. The minimum absolute atomic E-state index is 0.136. The van der Waals surface area contributed by atoms with Crippen molar-refractivity contribution in [2.75, 3.05) is 12.3 Å². The fourth-order valence-corrected chi connectivity index (χ4v) is 18.7. The van der Waals surface area contributed by atoms with Gasteiger partial charge in [-0.15, -0.1) is 47.0 Å². The van der Waals surface area contributed by atoms with E-state index in [2.05, 4.69) is 229 Å². The van der Waals surface area contributed by atoms with Crippen LogP contribution in [0.15, 0.2) is 68.1 Å². The Kier molecular flexibility index (Phi) is 24.2. The van der Waals surface area contributed by atoms with Crippen LogP contribution in [-0.4, -0.2) is 68.2 Å². The molecule has 0 unspecified atom stereocenters. The summed E-state index contributed by atoms with van der Waals surface area (Å²) in [5.74, 6) is 1.73. The molecule has 6 rings (SSSR count). The molecule has 9 nitrogen and oxygen atoms in total. The highest BCUT2D eigenvalue weighted by atomic mass is 35.7. The summed E-state index contributed by atoms with van der Waals surface area (Å²) >= 11 is 7.20. The predicted molar refractivity (Wildman–Crippen MR) is 380 cm³/mol. The quantitative estimate of drug-likeness (QED) is 0.0362. The van der Waals surface area contributed by atoms with Crippen molar-refractivity contribution in [2.24, 2.45) is 5.73 Å². The third-order valence-corrected chi connectivity index (χ3v) is 25.3. The highest BCUT2D eigenvalue weighted by Gasteiger charge is 2.39. The van der Waals surface area contributed by atoms with Crippen molar-refractivity contribution in [3.8, 4) is 23.0 Å². The Hall–Kier alpha value is -2.37. The van der Waals surface area contributed by atoms with E-state index in [0.717, 1.165) is 96.2 Å². The molecule has 0 heterocycles. The molecule has 0 spiro atoms. The molecule has 4 aromatic rings. The van der Waals surface area contributed by atoms with Crippen molar-refractivity contribution in [2.45, 2.75) is 307 Å². The van der Waals surface area contributed by atoms with Gasteiger partial charge in [0.15, 0.2) is 9.84 Å². The van der Waals surface area contributed by atoms with Crippen LogP contribution in [0.1, 0.15) is 269 Å². The first-order valence-electron chi connectivity index (χ1n) is 31.0. The second kappa shape index (κ2) is 27.3. The molecule has 0 aromatic heterocycles. The average molecular weight is 1340 g/mol. The van der Waals surface area contributed by atoms with Crippen molar-refractivity contribution in [3.63, 3.8) is 0 Å². The standard InChI is InChI=1S/C36H56O4S3.C32H51NO2S2.C3H5ClO2S/c1-32(2,3)26-19-23(20-27(30(26)37)33(4,5)6)41-36(12,13)42-24-21-28(34(7,8)9)31(38)29(22-24)35(10,11)17-14-18-43(39,40)25-15-16-25;1-28(2,3)22-16-20(17-23(26(22)34)29(4,5)6)36-32(12,13)37-21-18-24(30(7,8)9)27(35)25(19-21)31(10,11)14-15-33;4-7(5,6)3-1-2-3/h19-22,25,37-38H,14-18H2,1-13H3;16-19,34-35H,14-15,33H2,1-13H3;3H,1-2H2. The molecule has 0 aliphatic heterocycles. The minimum Gasteiger partial charge on any atom is -0.507 e. The average Bonchev–Trinajstić information content (AvgIpc) is 1.82. The fourth-order valence-electron chi connectivity index (χ4n) is 10.6. The van der Waals surface area contributed by atoms with Crippen LogP contribution in [0.4, 0.5) is 0 Å². The van der Waals surface area contributed by atoms with E-state index in [1.807, 2.05) is 23.5 Å². The maximum absolute atomic E-state index is 12.5. The molecular weight excluding hydrogens is 1220 g/mol. The zero-order valence-electron chi connectivity index (χ0n) is 58.0. The SMILES string of the molecule is CC(C)(Sc1cc(C(C)(C)C)c(O)c(C(C)(C)C)c1)Sc1cc(C(C)(C)C)c(O)c(C(C)(C)CCCS(=O)(=O)C2CC2)c1.CC(C)(Sc1cc(C(C)(C)C)c(O)c(C(C)(C)C)c1)Sc1cc(C(C)(C)C)c(O)c(C(C)(C)CCN)c1.O=S(=O)(Cl)C1CC1. The minimum atomic E-state index is -3.16. The summed E-state index contributed by atoms with van der Waals surface area (Å²) < 4.78 is 44.9. The van der Waals surface area contributed by atoms with E-state index in [1.165, 1.54) is 0 Å². The van der Waals surface area contributed by atoms with Gasteiger partial charge in [-0.05, 0) is 171 Å². The molecule has 87 heavy (non-hydrogen) atoms. The molecule has 2 aliphatic rings. The normalized spacial score (nSPS) is 15.4. The lowest BCUT2D eigenvalue weighted by molar-refractivity contribution is 0.400. The fraction of sp³-hybridized carbons (Fsp3) is 0.662. The van der Waals surface area contributed by atoms with Crippen molar-refractivity contribution < 1.29 is 37.3 Å². The number of sulfone groups is 1. The third-order valence-electron chi connectivity index (χ3n) is 16.0. The monoisotopic (exact) mass is 1330 g/mol. The summed E-state index contributed by atoms with van der Waals surface area (Å²) in [6, 6.07) is 17.1. The number of thioether (sulfide) groups is 4. The number of phenolic OH excluding ortho intramolecular Hbond substituents is 4. The van der Waals surface area contributed by atoms with Crippen LogP contribution < -0.4 is 5.73 Å². The number of halogens is 1. The maximum Gasteiger partial charge on any atom is 0.235 e. The van der Waals surface area contributed by atoms with Gasteiger partial charge < -0.3 is 26.2 Å². The zero-order valence-corrected chi connectivity index (χ0v) is 63.6. The Morgan fingerprint density at radius 3 is 0.805 bits per heavy atom. The lowest BCUT2D eigenvalue weighted by atomic mass is 9.76.